The van der Waals surface area contributed by atoms with Crippen LogP contribution in [0.15, 0.2) is 34.8 Å². The van der Waals surface area contributed by atoms with E-state index in [1.54, 1.807) is 24.3 Å². The van der Waals surface area contributed by atoms with E-state index in [4.69, 9.17) is 16.3 Å². The fraction of sp³-hybridized carbons (Fsp3) is 0.267. The second-order valence-electron chi connectivity index (χ2n) is 4.91. The van der Waals surface area contributed by atoms with Gasteiger partial charge in [0.25, 0.3) is 0 Å². The predicted octanol–water partition coefficient (Wildman–Crippen LogP) is 4.68. The number of ether oxygens (including phenoxy) is 1. The normalized spacial score (nSPS) is 14.2. The Kier molecular flexibility index (Phi) is 4.42. The third-order valence-electron chi connectivity index (χ3n) is 3.14. The molecule has 1 aliphatic carbocycles. The number of hydrogen-bond acceptors (Lipinski definition) is 3. The lowest BCUT2D eigenvalue weighted by atomic mass is 10.3. The number of nitrogens with one attached hydrogen (secondary N) is 1. The average Bonchev–Trinajstić information content (AvgIpc) is 3.28. The molecule has 2 aromatic rings. The summed E-state index contributed by atoms with van der Waals surface area (Å²) in [6.45, 7) is 0.607. The Morgan fingerprint density at radius 2 is 2.14 bits per heavy atom. The Balaban J connectivity index is 1.74. The highest BCUT2D eigenvalue weighted by Crippen LogP contribution is 2.27. The van der Waals surface area contributed by atoms with Crippen molar-refractivity contribution in [2.24, 2.45) is 0 Å². The fourth-order valence-corrected chi connectivity index (χ4v) is 2.25. The molecule has 0 radical (unpaired) electrons. The molecule has 0 atom stereocenters. The van der Waals surface area contributed by atoms with E-state index in [-0.39, 0.29) is 5.82 Å². The maximum Gasteiger partial charge on any atom is 0.219 e. The van der Waals surface area contributed by atoms with E-state index in [1.807, 2.05) is 0 Å². The quantitative estimate of drug-likeness (QED) is 0.828. The van der Waals surface area contributed by atoms with E-state index in [0.29, 0.717) is 33.7 Å². The zero-order valence-electron chi connectivity index (χ0n) is 11.1. The first-order chi connectivity index (χ1) is 10.1. The maximum atomic E-state index is 13.5. The topological polar surface area (TPSA) is 34.1 Å². The van der Waals surface area contributed by atoms with Crippen molar-refractivity contribution in [1.29, 1.82) is 0 Å². The van der Waals surface area contributed by atoms with Gasteiger partial charge in [-0.2, -0.15) is 0 Å². The summed E-state index contributed by atoms with van der Waals surface area (Å²) < 4.78 is 19.4. The summed E-state index contributed by atoms with van der Waals surface area (Å²) in [5, 5.41) is 3.95. The third-order valence-corrected chi connectivity index (χ3v) is 4.13. The molecule has 1 N–H and O–H groups in total. The Labute approximate surface area is 135 Å². The highest BCUT2D eigenvalue weighted by molar-refractivity contribution is 9.10. The SMILES string of the molecule is Fc1cc(Oc2ccc(Cl)c(CNC3CC3)n2)ccc1Br. The number of halogens is 3. The summed E-state index contributed by atoms with van der Waals surface area (Å²) in [5.74, 6) is 0.414. The van der Waals surface area contributed by atoms with Gasteiger partial charge in [-0.25, -0.2) is 9.37 Å². The monoisotopic (exact) mass is 370 g/mol. The molecule has 0 aliphatic heterocycles. The Bertz CT molecular complexity index is 664. The van der Waals surface area contributed by atoms with E-state index in [9.17, 15) is 4.39 Å². The molecule has 6 heteroatoms. The van der Waals surface area contributed by atoms with Gasteiger partial charge in [0.2, 0.25) is 5.88 Å². The second kappa shape index (κ2) is 6.30. The maximum absolute atomic E-state index is 13.5. The number of rotatable bonds is 5. The van der Waals surface area contributed by atoms with Crippen LogP contribution in [0.1, 0.15) is 18.5 Å². The van der Waals surface area contributed by atoms with E-state index < -0.39 is 0 Å². The molecule has 0 unspecified atom stereocenters. The Morgan fingerprint density at radius 3 is 2.86 bits per heavy atom. The summed E-state index contributed by atoms with van der Waals surface area (Å²) >= 11 is 9.23. The molecule has 21 heavy (non-hydrogen) atoms. The molecule has 0 saturated heterocycles. The minimum atomic E-state index is -0.378. The fourth-order valence-electron chi connectivity index (χ4n) is 1.83. The molecule has 1 aromatic carbocycles. The lowest BCUT2D eigenvalue weighted by Crippen LogP contribution is -2.16. The summed E-state index contributed by atoms with van der Waals surface area (Å²) in [7, 11) is 0. The molecule has 110 valence electrons. The van der Waals surface area contributed by atoms with Gasteiger partial charge < -0.3 is 10.1 Å². The highest BCUT2D eigenvalue weighted by atomic mass is 79.9. The van der Waals surface area contributed by atoms with E-state index in [2.05, 4.69) is 26.2 Å². The van der Waals surface area contributed by atoms with Gasteiger partial charge in [-0.1, -0.05) is 11.6 Å². The van der Waals surface area contributed by atoms with E-state index >= 15 is 0 Å². The summed E-state index contributed by atoms with van der Waals surface area (Å²) in [6.07, 6.45) is 2.40. The minimum Gasteiger partial charge on any atom is -0.439 e. The zero-order valence-corrected chi connectivity index (χ0v) is 13.4. The Hall–Kier alpha value is -1.17. The molecular formula is C15H13BrClFN2O. The molecule has 0 spiro atoms. The van der Waals surface area contributed by atoms with E-state index in [1.165, 1.54) is 18.9 Å². The van der Waals surface area contributed by atoms with Gasteiger partial charge in [0.1, 0.15) is 11.6 Å². The largest absolute Gasteiger partial charge is 0.439 e. The van der Waals surface area contributed by atoms with Gasteiger partial charge in [0.15, 0.2) is 0 Å². The van der Waals surface area contributed by atoms with Crippen LogP contribution in [0.2, 0.25) is 5.02 Å². The summed E-state index contributed by atoms with van der Waals surface area (Å²) in [6, 6.07) is 8.56. The smallest absolute Gasteiger partial charge is 0.219 e. The standard InChI is InChI=1S/C15H13BrClFN2O/c16-11-4-3-10(7-13(11)18)21-15-6-5-12(17)14(20-15)8-19-9-1-2-9/h3-7,9,19H,1-2,8H2. The molecule has 0 amide bonds. The van der Waals surface area contributed by atoms with Crippen molar-refractivity contribution in [2.75, 3.05) is 0 Å². The van der Waals surface area contributed by atoms with Crippen LogP contribution < -0.4 is 10.1 Å². The van der Waals surface area contributed by atoms with Crippen molar-refractivity contribution in [2.45, 2.75) is 25.4 Å². The van der Waals surface area contributed by atoms with Crippen molar-refractivity contribution in [3.8, 4) is 11.6 Å². The molecule has 1 fully saturated rings. The molecule has 1 saturated carbocycles. The lowest BCUT2D eigenvalue weighted by molar-refractivity contribution is 0.454. The van der Waals surface area contributed by atoms with Crippen LogP contribution in [0, 0.1) is 5.82 Å². The Morgan fingerprint density at radius 1 is 1.33 bits per heavy atom. The van der Waals surface area contributed by atoms with Crippen molar-refractivity contribution < 1.29 is 9.13 Å². The van der Waals surface area contributed by atoms with Crippen LogP contribution in [0.4, 0.5) is 4.39 Å². The lowest BCUT2D eigenvalue weighted by Gasteiger charge is -2.09. The molecular weight excluding hydrogens is 359 g/mol. The van der Waals surface area contributed by atoms with Gasteiger partial charge in [0.05, 0.1) is 15.2 Å². The molecule has 3 nitrogen and oxygen atoms in total. The first-order valence-electron chi connectivity index (χ1n) is 6.63. The zero-order chi connectivity index (χ0) is 14.8. The van der Waals surface area contributed by atoms with Crippen molar-refractivity contribution in [3.05, 3.63) is 51.3 Å². The molecule has 1 aliphatic rings. The van der Waals surface area contributed by atoms with Crippen molar-refractivity contribution >= 4 is 27.5 Å². The molecule has 3 rings (SSSR count). The summed E-state index contributed by atoms with van der Waals surface area (Å²) in [4.78, 5) is 4.37. The minimum absolute atomic E-state index is 0.378. The van der Waals surface area contributed by atoms with Gasteiger partial charge in [-0.05, 0) is 47.0 Å². The number of hydrogen-bond donors (Lipinski definition) is 1. The first kappa shape index (κ1) is 14.8. The van der Waals surface area contributed by atoms with Gasteiger partial charge in [-0.3, -0.25) is 0 Å². The first-order valence-corrected chi connectivity index (χ1v) is 7.80. The number of benzene rings is 1. The second-order valence-corrected chi connectivity index (χ2v) is 6.17. The number of pyridine rings is 1. The summed E-state index contributed by atoms with van der Waals surface area (Å²) in [5.41, 5.74) is 0.735. The van der Waals surface area contributed by atoms with Crippen molar-refractivity contribution in [3.63, 3.8) is 0 Å². The van der Waals surface area contributed by atoms with Crippen LogP contribution in [0.3, 0.4) is 0 Å². The van der Waals surface area contributed by atoms with Crippen LogP contribution >= 0.6 is 27.5 Å². The highest BCUT2D eigenvalue weighted by Gasteiger charge is 2.20. The molecule has 1 aromatic heterocycles. The average molecular weight is 372 g/mol. The van der Waals surface area contributed by atoms with Crippen LogP contribution in [0.25, 0.3) is 0 Å². The number of aromatic nitrogens is 1. The van der Waals surface area contributed by atoms with Crippen LogP contribution in [-0.4, -0.2) is 11.0 Å². The van der Waals surface area contributed by atoms with Crippen molar-refractivity contribution in [1.82, 2.24) is 10.3 Å². The molecule has 1 heterocycles. The van der Waals surface area contributed by atoms with Crippen LogP contribution in [-0.2, 0) is 6.54 Å². The van der Waals surface area contributed by atoms with E-state index in [0.717, 1.165) is 5.69 Å². The number of nitrogens with zero attached hydrogens (tertiary/aromatic N) is 1. The predicted molar refractivity (Wildman–Crippen MR) is 83.3 cm³/mol. The third kappa shape index (κ3) is 3.93. The van der Waals surface area contributed by atoms with Crippen LogP contribution in [0.5, 0.6) is 11.6 Å². The van der Waals surface area contributed by atoms with Gasteiger partial charge in [0, 0.05) is 24.7 Å². The van der Waals surface area contributed by atoms with Gasteiger partial charge in [-0.15, -0.1) is 0 Å². The molecule has 0 bridgehead atoms. The van der Waals surface area contributed by atoms with Gasteiger partial charge >= 0.3 is 0 Å².